The second kappa shape index (κ2) is 6.09. The summed E-state index contributed by atoms with van der Waals surface area (Å²) in [4.78, 5) is 19.3. The molecule has 1 saturated carbocycles. The molecule has 2 N–H and O–H groups in total. The first-order valence-electron chi connectivity index (χ1n) is 6.73. The van der Waals surface area contributed by atoms with Gasteiger partial charge in [-0.05, 0) is 37.8 Å². The molecule has 1 heterocycles. The molecular weight excluding hydrogens is 272 g/mol. The van der Waals surface area contributed by atoms with Crippen LogP contribution in [0, 0.1) is 0 Å². The van der Waals surface area contributed by atoms with Crippen LogP contribution < -0.4 is 5.43 Å². The van der Waals surface area contributed by atoms with E-state index < -0.39 is 0 Å². The van der Waals surface area contributed by atoms with Crippen LogP contribution in [0.1, 0.15) is 25.7 Å². The third-order valence-corrected chi connectivity index (χ3v) is 4.10. The standard InChI is InChI=1S/C14H16N4OS/c19-13(18-17-10-5-1-2-6-10)9-20-14-15-11-7-3-4-8-12(11)16-14/h3-4,7-8H,1-2,5-6,9H2,(H,15,16)(H,18,19). The highest BCUT2D eigenvalue weighted by Crippen LogP contribution is 2.19. The predicted molar refractivity (Wildman–Crippen MR) is 80.9 cm³/mol. The van der Waals surface area contributed by atoms with Gasteiger partial charge in [-0.2, -0.15) is 5.10 Å². The van der Waals surface area contributed by atoms with Gasteiger partial charge >= 0.3 is 0 Å². The van der Waals surface area contributed by atoms with Crippen LogP contribution in [0.5, 0.6) is 0 Å². The molecule has 20 heavy (non-hydrogen) atoms. The molecule has 0 aliphatic heterocycles. The molecule has 0 unspecified atom stereocenters. The van der Waals surface area contributed by atoms with Gasteiger partial charge in [-0.25, -0.2) is 10.4 Å². The zero-order valence-electron chi connectivity index (χ0n) is 11.1. The summed E-state index contributed by atoms with van der Waals surface area (Å²) in [6, 6.07) is 7.82. The van der Waals surface area contributed by atoms with E-state index in [1.807, 2.05) is 24.3 Å². The molecule has 1 aliphatic rings. The van der Waals surface area contributed by atoms with E-state index >= 15 is 0 Å². The number of benzene rings is 1. The highest BCUT2D eigenvalue weighted by atomic mass is 32.2. The summed E-state index contributed by atoms with van der Waals surface area (Å²) < 4.78 is 0. The fourth-order valence-electron chi connectivity index (χ4n) is 2.20. The Morgan fingerprint density at radius 2 is 2.15 bits per heavy atom. The van der Waals surface area contributed by atoms with Crippen molar-refractivity contribution in [1.29, 1.82) is 0 Å². The summed E-state index contributed by atoms with van der Waals surface area (Å²) in [5.41, 5.74) is 5.62. The summed E-state index contributed by atoms with van der Waals surface area (Å²) in [5.74, 6) is 0.228. The first-order chi connectivity index (χ1) is 9.81. The number of aromatic amines is 1. The van der Waals surface area contributed by atoms with Crippen molar-refractivity contribution >= 4 is 34.4 Å². The van der Waals surface area contributed by atoms with Crippen LogP contribution >= 0.6 is 11.8 Å². The molecule has 1 aromatic carbocycles. The number of rotatable bonds is 4. The lowest BCUT2D eigenvalue weighted by Gasteiger charge is -1.99. The van der Waals surface area contributed by atoms with E-state index in [1.165, 1.54) is 24.6 Å². The minimum atomic E-state index is -0.0881. The third kappa shape index (κ3) is 3.19. The van der Waals surface area contributed by atoms with Crippen LogP contribution in [-0.4, -0.2) is 27.3 Å². The number of imidazole rings is 1. The van der Waals surface area contributed by atoms with Crippen molar-refractivity contribution in [2.75, 3.05) is 5.75 Å². The number of thioether (sulfide) groups is 1. The van der Waals surface area contributed by atoms with E-state index in [4.69, 9.17) is 0 Å². The van der Waals surface area contributed by atoms with Crippen LogP contribution in [0.25, 0.3) is 11.0 Å². The van der Waals surface area contributed by atoms with Crippen molar-refractivity contribution < 1.29 is 4.79 Å². The summed E-state index contributed by atoms with van der Waals surface area (Å²) in [6.07, 6.45) is 4.39. The second-order valence-electron chi connectivity index (χ2n) is 4.77. The molecule has 0 bridgehead atoms. The van der Waals surface area contributed by atoms with Gasteiger partial charge in [-0.3, -0.25) is 4.79 Å². The molecule has 0 radical (unpaired) electrons. The normalized spacial score (nSPS) is 14.7. The smallest absolute Gasteiger partial charge is 0.250 e. The number of nitrogens with one attached hydrogen (secondary N) is 2. The van der Waals surface area contributed by atoms with Gasteiger partial charge < -0.3 is 4.98 Å². The van der Waals surface area contributed by atoms with Crippen LogP contribution in [-0.2, 0) is 4.79 Å². The van der Waals surface area contributed by atoms with Gasteiger partial charge in [0.1, 0.15) is 0 Å². The van der Waals surface area contributed by atoms with Gasteiger partial charge in [0.15, 0.2) is 5.16 Å². The van der Waals surface area contributed by atoms with Crippen LogP contribution in [0.2, 0.25) is 0 Å². The zero-order chi connectivity index (χ0) is 13.8. The van der Waals surface area contributed by atoms with E-state index in [0.717, 1.165) is 34.7 Å². The maximum absolute atomic E-state index is 11.7. The average Bonchev–Trinajstić information content (AvgIpc) is 3.11. The lowest BCUT2D eigenvalue weighted by Crippen LogP contribution is -2.21. The molecule has 0 atom stereocenters. The number of nitrogens with zero attached hydrogens (tertiary/aromatic N) is 2. The largest absolute Gasteiger partial charge is 0.333 e. The highest BCUT2D eigenvalue weighted by Gasteiger charge is 2.10. The molecular formula is C14H16N4OS. The fourth-order valence-corrected chi connectivity index (χ4v) is 2.88. The Bertz CT molecular complexity index is 608. The number of hydrazone groups is 1. The number of amides is 1. The Kier molecular flexibility index (Phi) is 4.01. The minimum absolute atomic E-state index is 0.0881. The molecule has 1 aromatic heterocycles. The van der Waals surface area contributed by atoms with E-state index in [-0.39, 0.29) is 5.91 Å². The second-order valence-corrected chi connectivity index (χ2v) is 5.73. The van der Waals surface area contributed by atoms with Gasteiger partial charge in [0.25, 0.3) is 5.91 Å². The van der Waals surface area contributed by atoms with Gasteiger partial charge in [0.05, 0.1) is 16.8 Å². The molecule has 1 aliphatic carbocycles. The number of carbonyl (C=O) groups is 1. The van der Waals surface area contributed by atoms with Crippen LogP contribution in [0.15, 0.2) is 34.5 Å². The molecule has 104 valence electrons. The first kappa shape index (κ1) is 13.2. The SMILES string of the molecule is O=C(CSc1nc2ccccc2[nH]1)NN=C1CCCC1. The van der Waals surface area contributed by atoms with Crippen LogP contribution in [0.3, 0.4) is 0 Å². The van der Waals surface area contributed by atoms with Gasteiger partial charge in [0, 0.05) is 5.71 Å². The lowest BCUT2D eigenvalue weighted by molar-refractivity contribution is -0.118. The highest BCUT2D eigenvalue weighted by molar-refractivity contribution is 7.99. The number of hydrogen-bond donors (Lipinski definition) is 2. The van der Waals surface area contributed by atoms with Crippen molar-refractivity contribution in [2.45, 2.75) is 30.8 Å². The molecule has 1 fully saturated rings. The Morgan fingerprint density at radius 3 is 2.95 bits per heavy atom. The Morgan fingerprint density at radius 1 is 1.35 bits per heavy atom. The number of fused-ring (bicyclic) bond motifs is 1. The quantitative estimate of drug-likeness (QED) is 0.671. The van der Waals surface area contributed by atoms with Crippen molar-refractivity contribution in [1.82, 2.24) is 15.4 Å². The van der Waals surface area contributed by atoms with E-state index in [2.05, 4.69) is 20.5 Å². The maximum Gasteiger partial charge on any atom is 0.250 e. The molecule has 0 saturated heterocycles. The number of carbonyl (C=O) groups excluding carboxylic acids is 1. The maximum atomic E-state index is 11.7. The molecule has 3 rings (SSSR count). The van der Waals surface area contributed by atoms with Crippen molar-refractivity contribution in [3.8, 4) is 0 Å². The zero-order valence-corrected chi connectivity index (χ0v) is 11.9. The lowest BCUT2D eigenvalue weighted by atomic mass is 10.3. The Balaban J connectivity index is 1.53. The summed E-state index contributed by atoms with van der Waals surface area (Å²) in [7, 11) is 0. The van der Waals surface area contributed by atoms with Crippen LogP contribution in [0.4, 0.5) is 0 Å². The summed E-state index contributed by atoms with van der Waals surface area (Å²) in [5, 5.41) is 4.91. The number of H-pyrrole nitrogens is 1. The average molecular weight is 288 g/mol. The van der Waals surface area contributed by atoms with Gasteiger partial charge in [-0.15, -0.1) is 0 Å². The Hall–Kier alpha value is -1.82. The molecule has 0 spiro atoms. The topological polar surface area (TPSA) is 70.1 Å². The van der Waals surface area contributed by atoms with Crippen molar-refractivity contribution in [3.63, 3.8) is 0 Å². The van der Waals surface area contributed by atoms with Gasteiger partial charge in [0.2, 0.25) is 0 Å². The fraction of sp³-hybridized carbons (Fsp3) is 0.357. The van der Waals surface area contributed by atoms with Gasteiger partial charge in [-0.1, -0.05) is 23.9 Å². The third-order valence-electron chi connectivity index (χ3n) is 3.23. The number of para-hydroxylation sites is 2. The monoisotopic (exact) mass is 288 g/mol. The molecule has 5 nitrogen and oxygen atoms in total. The Labute approximate surface area is 121 Å². The van der Waals surface area contributed by atoms with Crippen molar-refractivity contribution in [3.05, 3.63) is 24.3 Å². The number of hydrogen-bond acceptors (Lipinski definition) is 4. The van der Waals surface area contributed by atoms with E-state index in [9.17, 15) is 4.79 Å². The predicted octanol–water partition coefficient (Wildman–Crippen LogP) is 2.70. The van der Waals surface area contributed by atoms with E-state index in [1.54, 1.807) is 0 Å². The number of aromatic nitrogens is 2. The molecule has 2 aromatic rings. The molecule has 6 heteroatoms. The van der Waals surface area contributed by atoms with E-state index in [0.29, 0.717) is 5.75 Å². The first-order valence-corrected chi connectivity index (χ1v) is 7.71. The van der Waals surface area contributed by atoms with Crippen molar-refractivity contribution in [2.24, 2.45) is 5.10 Å². The summed E-state index contributed by atoms with van der Waals surface area (Å²) in [6.45, 7) is 0. The minimum Gasteiger partial charge on any atom is -0.333 e. The summed E-state index contributed by atoms with van der Waals surface area (Å²) >= 11 is 1.39. The molecule has 1 amide bonds.